The fraction of sp³-hybridized carbons (Fsp3) is 0.683. The lowest BCUT2D eigenvalue weighted by Gasteiger charge is -2.47. The van der Waals surface area contributed by atoms with Gasteiger partial charge in [-0.3, -0.25) is 24.5 Å². The van der Waals surface area contributed by atoms with Crippen molar-refractivity contribution in [2.45, 2.75) is 134 Å². The van der Waals surface area contributed by atoms with Crippen LogP contribution in [0.2, 0.25) is 0 Å². The van der Waals surface area contributed by atoms with Gasteiger partial charge in [-0.2, -0.15) is 0 Å². The molecule has 2 aromatic rings. The van der Waals surface area contributed by atoms with Gasteiger partial charge in [-0.25, -0.2) is 18.7 Å². The second-order valence-electron chi connectivity index (χ2n) is 16.7. The van der Waals surface area contributed by atoms with Crippen LogP contribution in [0.5, 0.6) is 0 Å². The van der Waals surface area contributed by atoms with E-state index in [0.29, 0.717) is 17.8 Å². The van der Waals surface area contributed by atoms with Gasteiger partial charge in [0.25, 0.3) is 5.67 Å². The lowest BCUT2D eigenvalue weighted by atomic mass is 9.73. The number of ether oxygens (including phenoxy) is 5. The van der Waals surface area contributed by atoms with Gasteiger partial charge >= 0.3 is 12.1 Å². The molecular formula is C41H58FN7O10. The van der Waals surface area contributed by atoms with E-state index >= 15 is 4.39 Å². The first-order valence-electron chi connectivity index (χ1n) is 20.0. The highest BCUT2D eigenvalue weighted by Gasteiger charge is 2.61. The lowest BCUT2D eigenvalue weighted by Crippen LogP contribution is -2.61. The Morgan fingerprint density at radius 3 is 2.42 bits per heavy atom. The third-order valence-corrected chi connectivity index (χ3v) is 12.1. The van der Waals surface area contributed by atoms with Crippen molar-refractivity contribution in [3.05, 3.63) is 36.6 Å². The van der Waals surface area contributed by atoms with Crippen molar-refractivity contribution in [3.63, 3.8) is 0 Å². The molecule has 2 aromatic heterocycles. The number of fused-ring (bicyclic) bond motifs is 1. The molecule has 1 amide bonds. The number of cyclic esters (lactones) is 1. The van der Waals surface area contributed by atoms with E-state index in [1.54, 1.807) is 59.3 Å². The number of carbonyl (C=O) groups excluding carboxylic acids is 4. The molecule has 1 N–H and O–H groups in total. The number of aliphatic hydroxyl groups excluding tert-OH is 1. The van der Waals surface area contributed by atoms with Gasteiger partial charge in [-0.05, 0) is 67.1 Å². The molecule has 0 saturated carbocycles. The Morgan fingerprint density at radius 1 is 1.08 bits per heavy atom. The molecular weight excluding hydrogens is 769 g/mol. The van der Waals surface area contributed by atoms with Gasteiger partial charge in [0.2, 0.25) is 0 Å². The van der Waals surface area contributed by atoms with Gasteiger partial charge < -0.3 is 33.7 Å². The maximum Gasteiger partial charge on any atom is 0.411 e. The van der Waals surface area contributed by atoms with E-state index < -0.39 is 83.1 Å². The number of aliphatic hydroxyl groups is 1. The minimum absolute atomic E-state index is 0.0373. The summed E-state index contributed by atoms with van der Waals surface area (Å²) in [4.78, 5) is 68.0. The van der Waals surface area contributed by atoms with Crippen molar-refractivity contribution >= 4 is 29.8 Å². The van der Waals surface area contributed by atoms with Crippen LogP contribution in [0, 0.1) is 17.8 Å². The van der Waals surface area contributed by atoms with E-state index in [1.165, 1.54) is 36.0 Å². The Morgan fingerprint density at radius 2 is 1.80 bits per heavy atom. The van der Waals surface area contributed by atoms with E-state index in [2.05, 4.69) is 26.0 Å². The number of nitrogens with zero attached hydrogens (tertiary/aromatic N) is 7. The normalized spacial score (nSPS) is 37.3. The summed E-state index contributed by atoms with van der Waals surface area (Å²) in [5.41, 5.74) is -2.38. The summed E-state index contributed by atoms with van der Waals surface area (Å²) in [7, 11) is 5.01. The van der Waals surface area contributed by atoms with E-state index in [-0.39, 0.29) is 37.3 Å². The van der Waals surface area contributed by atoms with Crippen LogP contribution in [0.25, 0.3) is 17.6 Å². The molecule has 3 saturated heterocycles. The topological polar surface area (TPSA) is 198 Å². The second kappa shape index (κ2) is 18.0. The summed E-state index contributed by atoms with van der Waals surface area (Å²) in [6, 6.07) is -1.41. The van der Waals surface area contributed by atoms with Crippen LogP contribution in [0.3, 0.4) is 0 Å². The van der Waals surface area contributed by atoms with Crippen molar-refractivity contribution < 1.29 is 52.4 Å². The Balaban J connectivity index is 1.52. The molecule has 0 radical (unpaired) electrons. The molecule has 18 heteroatoms. The summed E-state index contributed by atoms with van der Waals surface area (Å²) in [5.74, 6) is -6.05. The number of ketones is 2. The second-order valence-corrected chi connectivity index (χ2v) is 16.7. The highest BCUT2D eigenvalue weighted by atomic mass is 19.1. The summed E-state index contributed by atoms with van der Waals surface area (Å²) in [6.07, 6.45) is 3.57. The van der Waals surface area contributed by atoms with Crippen molar-refractivity contribution in [2.75, 3.05) is 27.7 Å². The summed E-state index contributed by atoms with van der Waals surface area (Å²) >= 11 is 0. The average Bonchev–Trinajstić information content (AvgIpc) is 3.78. The number of likely N-dealkylation sites (N-methyl/N-ethyl adjacent to an activating group) is 1. The number of esters is 1. The molecule has 3 aliphatic heterocycles. The number of hydrogen-bond donors (Lipinski definition) is 1. The van der Waals surface area contributed by atoms with Gasteiger partial charge in [-0.15, -0.1) is 10.8 Å². The molecule has 13 atom stereocenters. The first-order chi connectivity index (χ1) is 27.7. The molecule has 3 fully saturated rings. The Hall–Kier alpha value is -4.45. The fourth-order valence-corrected chi connectivity index (χ4v) is 8.84. The first-order valence-corrected chi connectivity index (χ1v) is 20.0. The Bertz CT molecular complexity index is 1910. The summed E-state index contributed by atoms with van der Waals surface area (Å²) in [6.45, 7) is 12.2. The zero-order chi connectivity index (χ0) is 43.6. The fourth-order valence-electron chi connectivity index (χ4n) is 8.84. The number of halogens is 1. The number of aromatic nitrogens is 5. The van der Waals surface area contributed by atoms with Crippen LogP contribution in [-0.2, 0) is 38.1 Å². The Kier molecular flexibility index (Phi) is 13.9. The minimum atomic E-state index is -3.21. The minimum Gasteiger partial charge on any atom is -0.455 e. The van der Waals surface area contributed by atoms with Gasteiger partial charge in [0.1, 0.15) is 29.4 Å². The number of amides is 1. The highest BCUT2D eigenvalue weighted by molar-refractivity contribution is 6.08. The molecule has 17 nitrogen and oxygen atoms in total. The van der Waals surface area contributed by atoms with Gasteiger partial charge in [0.05, 0.1) is 49.0 Å². The molecule has 3 unspecified atom stereocenters. The number of alkyl halides is 1. The van der Waals surface area contributed by atoms with E-state index in [9.17, 15) is 24.3 Å². The van der Waals surface area contributed by atoms with E-state index in [0.717, 1.165) is 6.92 Å². The van der Waals surface area contributed by atoms with Crippen LogP contribution >= 0.6 is 0 Å². The predicted molar refractivity (Wildman–Crippen MR) is 210 cm³/mol. The predicted octanol–water partition coefficient (Wildman–Crippen LogP) is 3.66. The standard InChI is InChI=1S/C41H58FN7O10/c1-12-30-41(8)33(49(38(54)59-41)18-14-13-17-48-22-28(45-46-48)27-21-43-15-16-44-27)25(4)31(50)23(2)20-39(6,55-11)35(26(5)34(52)40(7,42)37(53)57-30)58-36-32(51)29(47(9)10)19-24(3)56-36/h14-17,21-26,29-30,32-33,35-36,51H,12,18-20H2,1-11H3/t13?,23-,24?,25+,26+,29?,30-,32?,33-,35-,36+,39-,40+,41-/m1/s1. The first kappa shape index (κ1) is 45.6. The van der Waals surface area contributed by atoms with Crippen LogP contribution < -0.4 is 0 Å². The third kappa shape index (κ3) is 9.17. The van der Waals surface area contributed by atoms with Crippen LogP contribution in [0.4, 0.5) is 9.18 Å². The summed E-state index contributed by atoms with van der Waals surface area (Å²) in [5, 5.41) is 19.5. The average molecular weight is 828 g/mol. The number of methoxy groups -OCH3 is 1. The number of carbonyl (C=O) groups is 4. The van der Waals surface area contributed by atoms with Crippen LogP contribution in [-0.4, -0.2) is 151 Å². The number of rotatable bonds is 9. The van der Waals surface area contributed by atoms with Crippen molar-refractivity contribution in [3.8, 4) is 11.4 Å². The lowest BCUT2D eigenvalue weighted by molar-refractivity contribution is -0.295. The third-order valence-electron chi connectivity index (χ3n) is 12.1. The smallest absolute Gasteiger partial charge is 0.411 e. The van der Waals surface area contributed by atoms with Crippen molar-refractivity contribution in [1.29, 1.82) is 0 Å². The molecule has 3 aliphatic rings. The largest absolute Gasteiger partial charge is 0.455 e. The molecule has 5 rings (SSSR count). The molecule has 0 bridgehead atoms. The van der Waals surface area contributed by atoms with E-state index in [4.69, 9.17) is 23.7 Å². The number of Topliss-reactive ketones (excluding diaryl/α,β-unsaturated/α-hetero) is 2. The molecule has 0 aromatic carbocycles. The summed E-state index contributed by atoms with van der Waals surface area (Å²) < 4.78 is 48.7. The molecule has 59 heavy (non-hydrogen) atoms. The van der Waals surface area contributed by atoms with Crippen LogP contribution in [0.1, 0.15) is 74.7 Å². The maximum atomic E-state index is 16.9. The zero-order valence-corrected chi connectivity index (χ0v) is 35.7. The maximum absolute atomic E-state index is 16.9. The van der Waals surface area contributed by atoms with Crippen molar-refractivity contribution in [2.24, 2.45) is 17.8 Å². The highest BCUT2D eigenvalue weighted by Crippen LogP contribution is 2.43. The van der Waals surface area contributed by atoms with Crippen molar-refractivity contribution in [1.82, 2.24) is 34.8 Å². The number of hydrogen-bond acceptors (Lipinski definition) is 15. The SMILES string of the molecule is CC[C@H]1OC(=O)[C@@](C)(F)C(=O)[C@H](C)[C@@H](O[C@@H]2OC(C)CC(N(C)C)C2O)[C@](C)(OC)C[C@@H](C)C(=O)[C@H](C)[C@H]2N(CC=C=Cn3cc(-c4cnccn4)nn3)C(=O)O[C@]12C. The van der Waals surface area contributed by atoms with Gasteiger partial charge in [-0.1, -0.05) is 32.9 Å². The quantitative estimate of drug-likeness (QED) is 0.218. The molecule has 324 valence electrons. The molecule has 5 heterocycles. The van der Waals surface area contributed by atoms with Gasteiger partial charge in [0, 0.05) is 43.3 Å². The Labute approximate surface area is 344 Å². The van der Waals surface area contributed by atoms with E-state index in [1.807, 2.05) is 25.9 Å². The molecule has 0 spiro atoms. The monoisotopic (exact) mass is 827 g/mol. The molecule has 0 aliphatic carbocycles. The van der Waals surface area contributed by atoms with Crippen LogP contribution in [0.15, 0.2) is 36.6 Å². The zero-order valence-electron chi connectivity index (χ0n) is 35.7. The van der Waals surface area contributed by atoms with Gasteiger partial charge in [0.15, 0.2) is 17.7 Å².